The second-order valence-corrected chi connectivity index (χ2v) is 5.24. The zero-order chi connectivity index (χ0) is 14.3. The number of carboxylic acid groups (broad SMARTS) is 1. The standard InChI is InChI=1S/C15H18N2O3/c1-3-17-11-5-4-9(2)8-10(11)16-14(17)12-6-7-13(20-12)15(18)19/h4-5,8,12-13H,3,6-7H2,1-2H3,(H,18,19). The van der Waals surface area contributed by atoms with Crippen LogP contribution < -0.4 is 0 Å². The second kappa shape index (κ2) is 4.90. The number of benzene rings is 1. The Bertz CT molecular complexity index is 662. The van der Waals surface area contributed by atoms with Crippen molar-refractivity contribution in [2.45, 2.75) is 45.4 Å². The molecule has 0 saturated carbocycles. The second-order valence-electron chi connectivity index (χ2n) is 5.24. The fraction of sp³-hybridized carbons (Fsp3) is 0.467. The quantitative estimate of drug-likeness (QED) is 0.934. The molecule has 2 unspecified atom stereocenters. The Morgan fingerprint density at radius 3 is 2.95 bits per heavy atom. The molecule has 5 heteroatoms. The van der Waals surface area contributed by atoms with E-state index < -0.39 is 12.1 Å². The SMILES string of the molecule is CCn1c(C2CCC(C(=O)O)O2)nc2cc(C)ccc21. The van der Waals surface area contributed by atoms with Gasteiger partial charge in [0.05, 0.1) is 11.0 Å². The highest BCUT2D eigenvalue weighted by atomic mass is 16.5. The van der Waals surface area contributed by atoms with Gasteiger partial charge in [0.15, 0.2) is 6.10 Å². The summed E-state index contributed by atoms with van der Waals surface area (Å²) in [6.07, 6.45) is 0.334. The average molecular weight is 274 g/mol. The van der Waals surface area contributed by atoms with Gasteiger partial charge in [0.1, 0.15) is 11.9 Å². The molecule has 0 radical (unpaired) electrons. The Labute approximate surface area is 117 Å². The normalized spacial score (nSPS) is 22.5. The molecule has 1 aliphatic rings. The first kappa shape index (κ1) is 13.1. The fourth-order valence-electron chi connectivity index (χ4n) is 2.85. The maximum atomic E-state index is 11.0. The van der Waals surface area contributed by atoms with Crippen molar-refractivity contribution in [2.75, 3.05) is 0 Å². The zero-order valence-corrected chi connectivity index (χ0v) is 11.7. The molecule has 106 valence electrons. The van der Waals surface area contributed by atoms with E-state index in [1.54, 1.807) is 0 Å². The lowest BCUT2D eigenvalue weighted by Crippen LogP contribution is -2.19. The number of aryl methyl sites for hydroxylation is 2. The lowest BCUT2D eigenvalue weighted by molar-refractivity contribution is -0.149. The van der Waals surface area contributed by atoms with E-state index in [9.17, 15) is 4.79 Å². The van der Waals surface area contributed by atoms with Crippen LogP contribution in [0.2, 0.25) is 0 Å². The average Bonchev–Trinajstić information content (AvgIpc) is 3.01. The maximum Gasteiger partial charge on any atom is 0.332 e. The third-order valence-electron chi connectivity index (χ3n) is 3.83. The number of aliphatic carboxylic acids is 1. The first-order valence-electron chi connectivity index (χ1n) is 6.95. The minimum atomic E-state index is -0.887. The van der Waals surface area contributed by atoms with Crippen molar-refractivity contribution in [1.82, 2.24) is 9.55 Å². The first-order chi connectivity index (χ1) is 9.60. The number of carbonyl (C=O) groups is 1. The van der Waals surface area contributed by atoms with Gasteiger partial charge in [-0.05, 0) is 44.4 Å². The van der Waals surface area contributed by atoms with Crippen LogP contribution in [-0.4, -0.2) is 26.7 Å². The summed E-state index contributed by atoms with van der Waals surface area (Å²) in [5.74, 6) is -0.0423. The zero-order valence-electron chi connectivity index (χ0n) is 11.7. The number of aromatic nitrogens is 2. The van der Waals surface area contributed by atoms with Gasteiger partial charge < -0.3 is 14.4 Å². The Hall–Kier alpha value is -1.88. The van der Waals surface area contributed by atoms with Gasteiger partial charge in [0.2, 0.25) is 0 Å². The summed E-state index contributed by atoms with van der Waals surface area (Å²) in [6.45, 7) is 4.90. The van der Waals surface area contributed by atoms with Crippen molar-refractivity contribution in [3.63, 3.8) is 0 Å². The highest BCUT2D eigenvalue weighted by Crippen LogP contribution is 2.34. The Kier molecular flexibility index (Phi) is 3.22. The van der Waals surface area contributed by atoms with Crippen molar-refractivity contribution < 1.29 is 14.6 Å². The van der Waals surface area contributed by atoms with E-state index in [0.717, 1.165) is 23.4 Å². The van der Waals surface area contributed by atoms with Gasteiger partial charge in [-0.2, -0.15) is 0 Å². The van der Waals surface area contributed by atoms with Gasteiger partial charge in [-0.15, -0.1) is 0 Å². The molecule has 2 heterocycles. The summed E-state index contributed by atoms with van der Waals surface area (Å²) < 4.78 is 7.74. The molecule has 1 N–H and O–H groups in total. The van der Waals surface area contributed by atoms with Crippen LogP contribution in [-0.2, 0) is 16.1 Å². The molecule has 20 heavy (non-hydrogen) atoms. The monoisotopic (exact) mass is 274 g/mol. The van der Waals surface area contributed by atoms with Crippen LogP contribution in [0.3, 0.4) is 0 Å². The van der Waals surface area contributed by atoms with Crippen LogP contribution in [0.15, 0.2) is 18.2 Å². The van der Waals surface area contributed by atoms with E-state index in [-0.39, 0.29) is 6.10 Å². The van der Waals surface area contributed by atoms with Gasteiger partial charge in [-0.3, -0.25) is 0 Å². The maximum absolute atomic E-state index is 11.0. The fourth-order valence-corrected chi connectivity index (χ4v) is 2.85. The predicted octanol–water partition coefficient (Wildman–Crippen LogP) is 2.67. The van der Waals surface area contributed by atoms with Crippen LogP contribution in [0, 0.1) is 6.92 Å². The largest absolute Gasteiger partial charge is 0.479 e. The van der Waals surface area contributed by atoms with E-state index >= 15 is 0 Å². The predicted molar refractivity (Wildman–Crippen MR) is 74.6 cm³/mol. The lowest BCUT2D eigenvalue weighted by Gasteiger charge is -2.12. The van der Waals surface area contributed by atoms with E-state index in [2.05, 4.69) is 34.7 Å². The summed E-state index contributed by atoms with van der Waals surface area (Å²) >= 11 is 0. The summed E-state index contributed by atoms with van der Waals surface area (Å²) in [6, 6.07) is 6.18. The summed E-state index contributed by atoms with van der Waals surface area (Å²) in [7, 11) is 0. The van der Waals surface area contributed by atoms with Crippen molar-refractivity contribution in [3.05, 3.63) is 29.6 Å². The number of carboxylic acids is 1. The Morgan fingerprint density at radius 2 is 2.30 bits per heavy atom. The van der Waals surface area contributed by atoms with Crippen molar-refractivity contribution >= 4 is 17.0 Å². The topological polar surface area (TPSA) is 64.4 Å². The first-order valence-corrected chi connectivity index (χ1v) is 6.95. The molecule has 1 aromatic carbocycles. The Morgan fingerprint density at radius 1 is 1.50 bits per heavy atom. The molecule has 1 saturated heterocycles. The van der Waals surface area contributed by atoms with Gasteiger partial charge >= 0.3 is 5.97 Å². The minimum Gasteiger partial charge on any atom is -0.479 e. The smallest absolute Gasteiger partial charge is 0.332 e. The molecule has 3 rings (SSSR count). The third kappa shape index (κ3) is 2.08. The van der Waals surface area contributed by atoms with E-state index in [1.165, 1.54) is 5.56 Å². The number of hydrogen-bond acceptors (Lipinski definition) is 3. The van der Waals surface area contributed by atoms with Crippen LogP contribution in [0.25, 0.3) is 11.0 Å². The van der Waals surface area contributed by atoms with Crippen molar-refractivity contribution in [3.8, 4) is 0 Å². The van der Waals surface area contributed by atoms with Crippen molar-refractivity contribution in [1.29, 1.82) is 0 Å². The number of imidazole rings is 1. The molecule has 1 fully saturated rings. The Balaban J connectivity index is 2.01. The molecule has 2 atom stereocenters. The molecule has 5 nitrogen and oxygen atoms in total. The number of nitrogens with zero attached hydrogens (tertiary/aromatic N) is 2. The van der Waals surface area contributed by atoms with Gasteiger partial charge in [0.25, 0.3) is 0 Å². The van der Waals surface area contributed by atoms with Crippen LogP contribution in [0.1, 0.15) is 37.3 Å². The highest BCUT2D eigenvalue weighted by Gasteiger charge is 2.34. The van der Waals surface area contributed by atoms with Crippen LogP contribution in [0.5, 0.6) is 0 Å². The van der Waals surface area contributed by atoms with Crippen LogP contribution >= 0.6 is 0 Å². The summed E-state index contributed by atoms with van der Waals surface area (Å²) in [5, 5.41) is 9.03. The number of ether oxygens (including phenoxy) is 1. The molecular weight excluding hydrogens is 256 g/mol. The summed E-state index contributed by atoms with van der Waals surface area (Å²) in [5.41, 5.74) is 3.19. The third-order valence-corrected chi connectivity index (χ3v) is 3.83. The van der Waals surface area contributed by atoms with Gasteiger partial charge in [0, 0.05) is 6.54 Å². The molecule has 2 aromatic rings. The molecule has 0 bridgehead atoms. The minimum absolute atomic E-state index is 0.219. The number of fused-ring (bicyclic) bond motifs is 1. The van der Waals surface area contributed by atoms with Crippen LogP contribution in [0.4, 0.5) is 0 Å². The molecular formula is C15H18N2O3. The van der Waals surface area contributed by atoms with E-state index in [4.69, 9.17) is 9.84 Å². The molecule has 1 aliphatic heterocycles. The molecule has 0 spiro atoms. The van der Waals surface area contributed by atoms with Gasteiger partial charge in [-0.1, -0.05) is 6.07 Å². The molecule has 1 aromatic heterocycles. The molecule has 0 amide bonds. The number of hydrogen-bond donors (Lipinski definition) is 1. The molecule has 0 aliphatic carbocycles. The lowest BCUT2D eigenvalue weighted by atomic mass is 10.2. The summed E-state index contributed by atoms with van der Waals surface area (Å²) in [4.78, 5) is 15.7. The van der Waals surface area contributed by atoms with Crippen molar-refractivity contribution in [2.24, 2.45) is 0 Å². The van der Waals surface area contributed by atoms with E-state index in [0.29, 0.717) is 12.8 Å². The number of rotatable bonds is 3. The van der Waals surface area contributed by atoms with E-state index in [1.807, 2.05) is 6.92 Å². The highest BCUT2D eigenvalue weighted by molar-refractivity contribution is 5.77. The van der Waals surface area contributed by atoms with Gasteiger partial charge in [-0.25, -0.2) is 9.78 Å².